The maximum absolute atomic E-state index is 16.7. The Labute approximate surface area is 478 Å². The van der Waals surface area contributed by atoms with Gasteiger partial charge in [0, 0.05) is 18.3 Å². The number of hydrogen-bond donors (Lipinski definition) is 0. The van der Waals surface area contributed by atoms with E-state index in [9.17, 15) is 9.18 Å². The standard InChI is InChI=1S/C67H50F5N9O3/c1-77-63-56(46-32-37-59(57(69)38-46)84-43-61-76-74-45-81(61)66(50-26-14-5-15-27-50,51-28-16-6-17-29-51)52-30-18-7-19-31-52)39-53(67(70,71)72)40-58(63)79(64(77)83)42-62(82)78(55-35-33-54(68)34-36-55)41-60-75-73-44-80(60)65(47-20-8-2-9-21-47,48-22-10-3-11-23-48)49-24-12-4-13-25-49/h2-40,44-45H,41-43H2,1H3. The summed E-state index contributed by atoms with van der Waals surface area (Å²) in [5, 5.41) is 17.7. The lowest BCUT2D eigenvalue weighted by Crippen LogP contribution is -2.41. The van der Waals surface area contributed by atoms with E-state index in [0.29, 0.717) is 5.82 Å². The van der Waals surface area contributed by atoms with Gasteiger partial charge in [-0.15, -0.1) is 20.4 Å². The smallest absolute Gasteiger partial charge is 0.416 e. The Balaban J connectivity index is 0.905. The number of hydrogen-bond acceptors (Lipinski definition) is 7. The van der Waals surface area contributed by atoms with E-state index in [4.69, 9.17) is 4.74 Å². The molecule has 0 atom stereocenters. The molecule has 12 aromatic rings. The topological polar surface area (TPSA) is 118 Å². The Morgan fingerprint density at radius 3 is 1.42 bits per heavy atom. The quantitative estimate of drug-likeness (QED) is 0.0658. The first-order valence-corrected chi connectivity index (χ1v) is 26.8. The molecule has 0 fully saturated rings. The van der Waals surface area contributed by atoms with E-state index in [-0.39, 0.29) is 52.6 Å². The predicted molar refractivity (Wildman–Crippen MR) is 309 cm³/mol. The van der Waals surface area contributed by atoms with Crippen LogP contribution in [0.25, 0.3) is 22.2 Å². The van der Waals surface area contributed by atoms with Crippen LogP contribution < -0.4 is 15.3 Å². The van der Waals surface area contributed by atoms with Crippen LogP contribution in [-0.2, 0) is 48.8 Å². The lowest BCUT2D eigenvalue weighted by Gasteiger charge is -2.38. The molecule has 1 amide bonds. The Hall–Kier alpha value is -10.6. The second kappa shape index (κ2) is 22.4. The third kappa shape index (κ3) is 9.68. The molecule has 84 heavy (non-hydrogen) atoms. The fourth-order valence-corrected chi connectivity index (χ4v) is 11.5. The van der Waals surface area contributed by atoms with E-state index in [1.165, 1.54) is 48.3 Å². The monoisotopic (exact) mass is 1120 g/mol. The summed E-state index contributed by atoms with van der Waals surface area (Å²) in [7, 11) is 1.36. The lowest BCUT2D eigenvalue weighted by atomic mass is 9.76. The van der Waals surface area contributed by atoms with Crippen molar-refractivity contribution < 1.29 is 31.5 Å². The summed E-state index contributed by atoms with van der Waals surface area (Å²) in [6, 6.07) is 69.0. The van der Waals surface area contributed by atoms with Gasteiger partial charge in [0.05, 0.1) is 23.1 Å². The Kier molecular flexibility index (Phi) is 14.4. The van der Waals surface area contributed by atoms with Gasteiger partial charge in [-0.1, -0.05) is 188 Å². The minimum Gasteiger partial charge on any atom is -0.483 e. The number of nitrogens with zero attached hydrogens (tertiary/aromatic N) is 9. The summed E-state index contributed by atoms with van der Waals surface area (Å²) in [5.74, 6) is -1.89. The lowest BCUT2D eigenvalue weighted by molar-refractivity contribution is -0.137. The minimum absolute atomic E-state index is 0.00696. The second-order valence-electron chi connectivity index (χ2n) is 20.1. The van der Waals surface area contributed by atoms with Crippen LogP contribution in [-0.4, -0.2) is 44.6 Å². The fraction of sp³-hybridized carbons (Fsp3) is 0.104. The average Bonchev–Trinajstić information content (AvgIpc) is 1.58. The first kappa shape index (κ1) is 54.1. The highest BCUT2D eigenvalue weighted by Crippen LogP contribution is 2.44. The molecule has 0 saturated carbocycles. The molecule has 0 aliphatic rings. The zero-order valence-corrected chi connectivity index (χ0v) is 44.9. The van der Waals surface area contributed by atoms with Crippen LogP contribution in [0.1, 0.15) is 50.6 Å². The van der Waals surface area contributed by atoms with Gasteiger partial charge < -0.3 is 9.64 Å². The number of rotatable bonds is 17. The van der Waals surface area contributed by atoms with Crippen LogP contribution >= 0.6 is 0 Å². The number of halogens is 5. The van der Waals surface area contributed by atoms with Crippen LogP contribution in [0.3, 0.4) is 0 Å². The van der Waals surface area contributed by atoms with Crippen molar-refractivity contribution in [1.82, 2.24) is 38.7 Å². The molecular formula is C67H50F5N9O3. The molecule has 9 aromatic carbocycles. The number of carbonyl (C=O) groups excluding carboxylic acids is 1. The zero-order valence-electron chi connectivity index (χ0n) is 44.9. The summed E-state index contributed by atoms with van der Waals surface area (Å²) in [6.07, 6.45) is -1.80. The average molecular weight is 1120 g/mol. The molecule has 12 nitrogen and oxygen atoms in total. The van der Waals surface area contributed by atoms with Gasteiger partial charge in [0.2, 0.25) is 5.91 Å². The molecule has 0 aliphatic carbocycles. The minimum atomic E-state index is -4.96. The first-order valence-electron chi connectivity index (χ1n) is 26.8. The highest BCUT2D eigenvalue weighted by atomic mass is 19.4. The van der Waals surface area contributed by atoms with E-state index in [1.54, 1.807) is 12.7 Å². The Morgan fingerprint density at radius 2 is 0.976 bits per heavy atom. The van der Waals surface area contributed by atoms with Crippen LogP contribution in [0.4, 0.5) is 27.6 Å². The number of aromatic nitrogens is 8. The largest absolute Gasteiger partial charge is 0.483 e. The number of carbonyl (C=O) groups is 1. The maximum atomic E-state index is 16.7. The van der Waals surface area contributed by atoms with Crippen molar-refractivity contribution in [3.63, 3.8) is 0 Å². The molecule has 0 radical (unpaired) electrons. The predicted octanol–water partition coefficient (Wildman–Crippen LogP) is 13.0. The van der Waals surface area contributed by atoms with E-state index >= 15 is 22.4 Å². The molecule has 0 spiro atoms. The van der Waals surface area contributed by atoms with Crippen molar-refractivity contribution in [3.8, 4) is 16.9 Å². The molecule has 12 rings (SSSR count). The highest BCUT2D eigenvalue weighted by molar-refractivity contribution is 5.97. The molecule has 0 saturated heterocycles. The number of anilines is 1. The molecule has 416 valence electrons. The van der Waals surface area contributed by atoms with Gasteiger partial charge in [-0.3, -0.25) is 23.1 Å². The normalized spacial score (nSPS) is 11.9. The van der Waals surface area contributed by atoms with Crippen molar-refractivity contribution in [2.45, 2.75) is 37.0 Å². The number of ether oxygens (including phenoxy) is 1. The van der Waals surface area contributed by atoms with Gasteiger partial charge in [0.25, 0.3) is 0 Å². The number of imidazole rings is 1. The summed E-state index contributed by atoms with van der Waals surface area (Å²) in [6.45, 7) is -1.35. The highest BCUT2D eigenvalue weighted by Gasteiger charge is 2.42. The summed E-state index contributed by atoms with van der Waals surface area (Å²) >= 11 is 0. The third-order valence-electron chi connectivity index (χ3n) is 15.3. The molecule has 0 aliphatic heterocycles. The number of aryl methyl sites for hydroxylation is 1. The SMILES string of the molecule is Cn1c(=O)n(CC(=O)N(Cc2nncn2C(c2ccccc2)(c2ccccc2)c2ccccc2)c2ccc(F)cc2)c2cc(C(F)(F)F)cc(-c3ccc(OCc4nncn4C(c4ccccc4)(c4ccccc4)c4ccccc4)c(F)c3)c21. The molecular weight excluding hydrogens is 1070 g/mol. The first-order chi connectivity index (χ1) is 40.9. The number of fused-ring (bicyclic) bond motifs is 1. The van der Waals surface area contributed by atoms with Crippen molar-refractivity contribution in [2.24, 2.45) is 7.05 Å². The maximum Gasteiger partial charge on any atom is 0.416 e. The van der Waals surface area contributed by atoms with Gasteiger partial charge in [0.1, 0.15) is 42.7 Å². The van der Waals surface area contributed by atoms with E-state index < -0.39 is 52.6 Å². The van der Waals surface area contributed by atoms with Crippen molar-refractivity contribution >= 4 is 22.6 Å². The van der Waals surface area contributed by atoms with Crippen molar-refractivity contribution in [2.75, 3.05) is 4.90 Å². The summed E-state index contributed by atoms with van der Waals surface area (Å²) in [4.78, 5) is 31.0. The number of alkyl halides is 3. The molecule has 3 aromatic heterocycles. The van der Waals surface area contributed by atoms with Gasteiger partial charge in [0.15, 0.2) is 23.2 Å². The Bertz CT molecular complexity index is 4140. The van der Waals surface area contributed by atoms with Gasteiger partial charge >= 0.3 is 11.9 Å². The van der Waals surface area contributed by atoms with Crippen LogP contribution in [0.15, 0.2) is 254 Å². The van der Waals surface area contributed by atoms with Gasteiger partial charge in [-0.2, -0.15) is 13.2 Å². The van der Waals surface area contributed by atoms with Crippen LogP contribution in [0.5, 0.6) is 5.75 Å². The molecule has 0 unspecified atom stereocenters. The number of amides is 1. The van der Waals surface area contributed by atoms with Crippen LogP contribution in [0.2, 0.25) is 0 Å². The van der Waals surface area contributed by atoms with Crippen molar-refractivity contribution in [3.05, 3.63) is 322 Å². The zero-order chi connectivity index (χ0) is 58.0. The van der Waals surface area contributed by atoms with E-state index in [2.05, 4.69) is 20.4 Å². The van der Waals surface area contributed by atoms with Gasteiger partial charge in [-0.25, -0.2) is 13.6 Å². The number of benzene rings is 9. The second-order valence-corrected chi connectivity index (χ2v) is 20.1. The summed E-state index contributed by atoms with van der Waals surface area (Å²) < 4.78 is 88.6. The van der Waals surface area contributed by atoms with Crippen molar-refractivity contribution in [1.29, 1.82) is 0 Å². The molecule has 17 heteroatoms. The Morgan fingerprint density at radius 1 is 0.536 bits per heavy atom. The fourth-order valence-electron chi connectivity index (χ4n) is 11.5. The van der Waals surface area contributed by atoms with E-state index in [1.807, 2.05) is 191 Å². The third-order valence-corrected chi connectivity index (χ3v) is 15.3. The van der Waals surface area contributed by atoms with Crippen LogP contribution in [0, 0.1) is 11.6 Å². The molecule has 0 N–H and O–H groups in total. The van der Waals surface area contributed by atoms with Gasteiger partial charge in [-0.05, 0) is 87.5 Å². The van der Waals surface area contributed by atoms with E-state index in [0.717, 1.165) is 60.7 Å². The summed E-state index contributed by atoms with van der Waals surface area (Å²) in [5.41, 5.74) is 0.819. The molecule has 0 bridgehead atoms. The molecule has 3 heterocycles.